The van der Waals surface area contributed by atoms with Gasteiger partial charge in [0.05, 0.1) is 17.2 Å². The van der Waals surface area contributed by atoms with E-state index in [4.69, 9.17) is 10.5 Å². The van der Waals surface area contributed by atoms with Gasteiger partial charge in [-0.2, -0.15) is 8.78 Å². The average Bonchev–Trinajstić information content (AvgIpc) is 3.67. The van der Waals surface area contributed by atoms with Gasteiger partial charge < -0.3 is 15.4 Å². The maximum Gasteiger partial charge on any atom is 0.320 e. The average molecular weight is 520 g/mol. The number of alkyl halides is 2. The number of piperidine rings is 1. The Bertz CT molecular complexity index is 1400. The van der Waals surface area contributed by atoms with E-state index in [-0.39, 0.29) is 23.0 Å². The van der Waals surface area contributed by atoms with Gasteiger partial charge in [0.1, 0.15) is 24.2 Å². The minimum atomic E-state index is -2.78. The first kappa shape index (κ1) is 24.6. The summed E-state index contributed by atoms with van der Waals surface area (Å²) in [4.78, 5) is 21.2. The van der Waals surface area contributed by atoms with Crippen LogP contribution in [0.5, 0.6) is 5.75 Å². The molecule has 0 bridgehead atoms. The summed E-state index contributed by atoms with van der Waals surface area (Å²) >= 11 is 0. The summed E-state index contributed by atoms with van der Waals surface area (Å²) in [5.41, 5.74) is 9.37. The number of ether oxygens (including phenoxy) is 1. The van der Waals surface area contributed by atoms with E-state index in [1.807, 2.05) is 30.5 Å². The van der Waals surface area contributed by atoms with Crippen molar-refractivity contribution in [1.29, 1.82) is 0 Å². The third-order valence-corrected chi connectivity index (χ3v) is 8.22. The number of carbonyl (C=O) groups excluding carboxylic acids is 1. The Morgan fingerprint density at radius 3 is 2.50 bits per heavy atom. The van der Waals surface area contributed by atoms with Crippen LogP contribution < -0.4 is 10.5 Å². The lowest BCUT2D eigenvalue weighted by Crippen LogP contribution is -2.38. The molecule has 0 amide bonds. The second-order valence-corrected chi connectivity index (χ2v) is 10.6. The van der Waals surface area contributed by atoms with Gasteiger partial charge in [0, 0.05) is 24.9 Å². The van der Waals surface area contributed by atoms with Gasteiger partial charge in [0.2, 0.25) is 0 Å². The normalized spacial score (nSPS) is 19.4. The molecule has 2 fully saturated rings. The molecule has 3 aromatic rings. The standard InChI is InChI=1S/C29H31F2N5O2/c30-28(31)36-25(20-8-10-29(11-9-20)12-15-35(16-13-29)14-1-17-37)23(24-26(32)33-18-34-27(24)36)19-2-4-21(5-3-19)38-22-6-7-22/h1-5,8,14,17-18,22,28H,6-7,9-13,15-16H2,(H2,32,33,34). The van der Waals surface area contributed by atoms with Gasteiger partial charge in [0.15, 0.2) is 5.65 Å². The van der Waals surface area contributed by atoms with Crippen molar-refractivity contribution in [3.8, 4) is 16.9 Å². The Morgan fingerprint density at radius 2 is 1.87 bits per heavy atom. The van der Waals surface area contributed by atoms with Crippen molar-refractivity contribution in [2.24, 2.45) is 5.41 Å². The van der Waals surface area contributed by atoms with E-state index in [0.29, 0.717) is 23.1 Å². The Balaban J connectivity index is 1.39. The van der Waals surface area contributed by atoms with Crippen LogP contribution in [0.25, 0.3) is 27.7 Å². The monoisotopic (exact) mass is 519 g/mol. The molecule has 0 radical (unpaired) electrons. The highest BCUT2D eigenvalue weighted by Crippen LogP contribution is 2.50. The van der Waals surface area contributed by atoms with E-state index >= 15 is 0 Å². The lowest BCUT2D eigenvalue weighted by molar-refractivity contribution is -0.104. The molecular weight excluding hydrogens is 488 g/mol. The fourth-order valence-corrected chi connectivity index (χ4v) is 5.94. The van der Waals surface area contributed by atoms with E-state index in [1.165, 1.54) is 12.4 Å². The quantitative estimate of drug-likeness (QED) is 0.305. The Morgan fingerprint density at radius 1 is 1.11 bits per heavy atom. The summed E-state index contributed by atoms with van der Waals surface area (Å²) < 4.78 is 36.2. The summed E-state index contributed by atoms with van der Waals surface area (Å²) in [7, 11) is 0. The molecule has 9 heteroatoms. The predicted molar refractivity (Wildman–Crippen MR) is 143 cm³/mol. The molecule has 7 nitrogen and oxygen atoms in total. The van der Waals surface area contributed by atoms with Crippen molar-refractivity contribution in [1.82, 2.24) is 19.4 Å². The van der Waals surface area contributed by atoms with Gasteiger partial charge in [-0.05, 0) is 79.7 Å². The number of nitrogen functional groups attached to an aromatic ring is 1. The number of halogens is 2. The van der Waals surface area contributed by atoms with Crippen molar-refractivity contribution in [2.75, 3.05) is 18.8 Å². The summed E-state index contributed by atoms with van der Waals surface area (Å²) in [5, 5.41) is 0.454. The molecule has 2 aliphatic carbocycles. The van der Waals surface area contributed by atoms with Crippen LogP contribution in [-0.2, 0) is 4.79 Å². The molecule has 1 spiro atoms. The maximum atomic E-state index is 14.7. The molecule has 1 aliphatic heterocycles. The van der Waals surface area contributed by atoms with Crippen LogP contribution in [0.15, 0.2) is 48.9 Å². The summed E-state index contributed by atoms with van der Waals surface area (Å²) in [6, 6.07) is 7.59. The number of nitrogens with zero attached hydrogens (tertiary/aromatic N) is 4. The third-order valence-electron chi connectivity index (χ3n) is 8.22. The number of hydrogen-bond donors (Lipinski definition) is 1. The van der Waals surface area contributed by atoms with E-state index in [0.717, 1.165) is 79.4 Å². The number of aldehydes is 1. The summed E-state index contributed by atoms with van der Waals surface area (Å²) in [5.74, 6) is 0.959. The molecule has 2 aromatic heterocycles. The molecule has 0 unspecified atom stereocenters. The molecule has 0 atom stereocenters. The minimum Gasteiger partial charge on any atom is -0.490 e. The van der Waals surface area contributed by atoms with Gasteiger partial charge in [-0.25, -0.2) is 9.97 Å². The lowest BCUT2D eigenvalue weighted by Gasteiger charge is -2.43. The van der Waals surface area contributed by atoms with E-state index in [9.17, 15) is 13.6 Å². The minimum absolute atomic E-state index is 0.146. The van der Waals surface area contributed by atoms with Crippen LogP contribution in [0.1, 0.15) is 57.2 Å². The van der Waals surface area contributed by atoms with E-state index in [2.05, 4.69) is 20.9 Å². The number of nitrogens with two attached hydrogens (primary N) is 1. The first-order valence-electron chi connectivity index (χ1n) is 13.2. The number of fused-ring (bicyclic) bond motifs is 1. The van der Waals surface area contributed by atoms with Crippen molar-refractivity contribution < 1.29 is 18.3 Å². The topological polar surface area (TPSA) is 86.3 Å². The molecule has 6 rings (SSSR count). The van der Waals surface area contributed by atoms with Gasteiger partial charge in [-0.3, -0.25) is 9.36 Å². The first-order chi connectivity index (χ1) is 18.5. The Hall–Kier alpha value is -3.75. The second-order valence-electron chi connectivity index (χ2n) is 10.6. The van der Waals surface area contributed by atoms with Crippen molar-refractivity contribution in [3.05, 3.63) is 54.6 Å². The molecule has 1 aromatic carbocycles. The molecule has 198 valence electrons. The molecule has 3 heterocycles. The Kier molecular flexibility index (Phi) is 6.37. The van der Waals surface area contributed by atoms with Crippen molar-refractivity contribution in [3.63, 3.8) is 0 Å². The molecule has 2 N–H and O–H groups in total. The first-order valence-corrected chi connectivity index (χ1v) is 13.2. The van der Waals surface area contributed by atoms with Crippen molar-refractivity contribution >= 4 is 28.7 Å². The SMILES string of the molecule is Nc1ncnc2c1c(-c1ccc(OC3CC3)cc1)c(C1=CCC3(CC1)CCN(C=CC=O)CC3)n2C(F)F. The fraction of sp³-hybridized carbons (Fsp3) is 0.414. The van der Waals surface area contributed by atoms with Gasteiger partial charge in [-0.15, -0.1) is 0 Å². The Labute approximate surface area is 220 Å². The number of benzene rings is 1. The molecule has 1 saturated heterocycles. The molecule has 1 saturated carbocycles. The third kappa shape index (κ3) is 4.54. The van der Waals surface area contributed by atoms with Crippen molar-refractivity contribution in [2.45, 2.75) is 57.6 Å². The van der Waals surface area contributed by atoms with Crippen LogP contribution in [0.2, 0.25) is 0 Å². The van der Waals surface area contributed by atoms with E-state index in [1.54, 1.807) is 0 Å². The van der Waals surface area contributed by atoms with E-state index < -0.39 is 6.55 Å². The molecular formula is C29H31F2N5O2. The number of hydrogen-bond acceptors (Lipinski definition) is 6. The zero-order chi connectivity index (χ0) is 26.3. The number of anilines is 1. The lowest BCUT2D eigenvalue weighted by atomic mass is 9.68. The number of allylic oxidation sites excluding steroid dienone is 3. The van der Waals surface area contributed by atoms with Crippen LogP contribution in [0.3, 0.4) is 0 Å². The number of rotatable bonds is 7. The highest BCUT2D eigenvalue weighted by Gasteiger charge is 2.37. The summed E-state index contributed by atoms with van der Waals surface area (Å²) in [6.45, 7) is -1.01. The highest BCUT2D eigenvalue weighted by atomic mass is 19.3. The highest BCUT2D eigenvalue weighted by molar-refractivity contribution is 6.06. The van der Waals surface area contributed by atoms with Gasteiger partial charge >= 0.3 is 6.55 Å². The second kappa shape index (κ2) is 9.85. The van der Waals surface area contributed by atoms with Crippen LogP contribution in [-0.4, -0.2) is 44.9 Å². The number of likely N-dealkylation sites (tertiary alicyclic amines) is 1. The number of aromatic nitrogens is 3. The fourth-order valence-electron chi connectivity index (χ4n) is 5.94. The van der Waals surface area contributed by atoms with Gasteiger partial charge in [-0.1, -0.05) is 18.2 Å². The smallest absolute Gasteiger partial charge is 0.320 e. The molecule has 38 heavy (non-hydrogen) atoms. The number of carbonyl (C=O) groups is 1. The predicted octanol–water partition coefficient (Wildman–Crippen LogP) is 5.98. The largest absolute Gasteiger partial charge is 0.490 e. The summed E-state index contributed by atoms with van der Waals surface area (Å²) in [6.07, 6.45) is 14.4. The zero-order valence-electron chi connectivity index (χ0n) is 21.2. The van der Waals surface area contributed by atoms with Crippen LogP contribution >= 0.6 is 0 Å². The van der Waals surface area contributed by atoms with Crippen LogP contribution in [0.4, 0.5) is 14.6 Å². The molecule has 3 aliphatic rings. The zero-order valence-corrected chi connectivity index (χ0v) is 21.2. The van der Waals surface area contributed by atoms with Gasteiger partial charge in [0.25, 0.3) is 0 Å². The maximum absolute atomic E-state index is 14.7. The van der Waals surface area contributed by atoms with Crippen LogP contribution in [0, 0.1) is 5.41 Å².